The van der Waals surface area contributed by atoms with Crippen molar-refractivity contribution >= 4 is 0 Å². The van der Waals surface area contributed by atoms with Crippen molar-refractivity contribution in [3.63, 3.8) is 0 Å². The molecule has 1 aliphatic rings. The highest BCUT2D eigenvalue weighted by Crippen LogP contribution is 2.32. The lowest BCUT2D eigenvalue weighted by molar-refractivity contribution is 0.0740. The van der Waals surface area contributed by atoms with Crippen molar-refractivity contribution in [3.05, 3.63) is 0 Å². The number of aliphatic hydroxyl groups excluding tert-OH is 1. The molecule has 0 spiro atoms. The number of aliphatic hydroxyl groups is 1. The smallest absolute Gasteiger partial charge is 0.0431 e. The third-order valence-electron chi connectivity index (χ3n) is 4.41. The summed E-state index contributed by atoms with van der Waals surface area (Å²) in [5, 5.41) is 8.94. The number of nitrogens with two attached hydrogens (primary N) is 1. The minimum atomic E-state index is 0.252. The molecule has 3 N–H and O–H groups in total. The van der Waals surface area contributed by atoms with Crippen molar-refractivity contribution in [2.45, 2.75) is 70.3 Å². The molecule has 1 rings (SSSR count). The minimum Gasteiger partial charge on any atom is -0.396 e. The Morgan fingerprint density at radius 3 is 2.22 bits per heavy atom. The van der Waals surface area contributed by atoms with E-state index < -0.39 is 0 Å². The van der Waals surface area contributed by atoms with E-state index in [9.17, 15) is 0 Å². The summed E-state index contributed by atoms with van der Waals surface area (Å²) in [5.74, 6) is 0. The van der Waals surface area contributed by atoms with Crippen LogP contribution in [-0.2, 0) is 0 Å². The van der Waals surface area contributed by atoms with E-state index in [2.05, 4.69) is 11.8 Å². The first-order valence-corrected chi connectivity index (χ1v) is 7.85. The number of hydrogen-bond acceptors (Lipinski definition) is 3. The predicted molar refractivity (Wildman–Crippen MR) is 77.7 cm³/mol. The third kappa shape index (κ3) is 4.52. The Hall–Kier alpha value is -0.120. The Morgan fingerprint density at radius 2 is 1.72 bits per heavy atom. The first-order chi connectivity index (χ1) is 8.79. The Bertz CT molecular complexity index is 201. The largest absolute Gasteiger partial charge is 0.396 e. The van der Waals surface area contributed by atoms with E-state index in [1.807, 2.05) is 0 Å². The Kier molecular flexibility index (Phi) is 7.87. The minimum absolute atomic E-state index is 0.252. The molecule has 1 saturated carbocycles. The van der Waals surface area contributed by atoms with Gasteiger partial charge in [-0.2, -0.15) is 0 Å². The van der Waals surface area contributed by atoms with Gasteiger partial charge in [0, 0.05) is 18.7 Å². The Balaban J connectivity index is 2.63. The van der Waals surface area contributed by atoms with E-state index in [1.54, 1.807) is 0 Å². The number of hydrogen-bond donors (Lipinski definition) is 2. The molecule has 1 fully saturated rings. The normalized spacial score (nSPS) is 20.0. The van der Waals surface area contributed by atoms with Crippen LogP contribution in [0.1, 0.15) is 64.7 Å². The predicted octanol–water partition coefficient (Wildman–Crippen LogP) is 2.52. The van der Waals surface area contributed by atoms with Crippen LogP contribution in [0.2, 0.25) is 0 Å². The first-order valence-electron chi connectivity index (χ1n) is 7.85. The van der Waals surface area contributed by atoms with Gasteiger partial charge in [0.15, 0.2) is 0 Å². The molecule has 0 saturated heterocycles. The lowest BCUT2D eigenvalue weighted by Crippen LogP contribution is -2.54. The van der Waals surface area contributed by atoms with Crippen molar-refractivity contribution in [1.82, 2.24) is 4.90 Å². The zero-order valence-electron chi connectivity index (χ0n) is 12.2. The monoisotopic (exact) mass is 256 g/mol. The van der Waals surface area contributed by atoms with Gasteiger partial charge in [0.2, 0.25) is 0 Å². The molecule has 0 amide bonds. The highest BCUT2D eigenvalue weighted by atomic mass is 16.2. The molecule has 0 radical (unpaired) electrons. The van der Waals surface area contributed by atoms with E-state index in [0.29, 0.717) is 6.61 Å². The van der Waals surface area contributed by atoms with Crippen LogP contribution < -0.4 is 5.73 Å². The summed E-state index contributed by atoms with van der Waals surface area (Å²) >= 11 is 0. The van der Waals surface area contributed by atoms with Gasteiger partial charge in [0.1, 0.15) is 0 Å². The highest BCUT2D eigenvalue weighted by Gasteiger charge is 2.34. The molecule has 0 aromatic carbocycles. The molecule has 0 aliphatic heterocycles. The molecule has 1 aliphatic carbocycles. The van der Waals surface area contributed by atoms with E-state index in [-0.39, 0.29) is 5.54 Å². The molecule has 0 aromatic heterocycles. The van der Waals surface area contributed by atoms with Crippen LogP contribution in [0, 0.1) is 0 Å². The molecule has 0 aromatic rings. The summed E-state index contributed by atoms with van der Waals surface area (Å²) in [5.41, 5.74) is 6.40. The van der Waals surface area contributed by atoms with Crippen molar-refractivity contribution in [3.8, 4) is 0 Å². The maximum absolute atomic E-state index is 8.94. The molecular weight excluding hydrogens is 224 g/mol. The van der Waals surface area contributed by atoms with Gasteiger partial charge in [-0.3, -0.25) is 4.90 Å². The maximum atomic E-state index is 8.94. The fraction of sp³-hybridized carbons (Fsp3) is 1.00. The summed E-state index contributed by atoms with van der Waals surface area (Å²) in [6.45, 7) is 5.62. The fourth-order valence-corrected chi connectivity index (χ4v) is 3.31. The number of nitrogens with zero attached hydrogens (tertiary/aromatic N) is 1. The van der Waals surface area contributed by atoms with E-state index in [1.165, 1.54) is 44.9 Å². The summed E-state index contributed by atoms with van der Waals surface area (Å²) in [7, 11) is 0. The summed E-state index contributed by atoms with van der Waals surface area (Å²) in [6.07, 6.45) is 11.1. The van der Waals surface area contributed by atoms with Crippen molar-refractivity contribution in [2.75, 3.05) is 26.2 Å². The van der Waals surface area contributed by atoms with Crippen LogP contribution in [-0.4, -0.2) is 41.8 Å². The van der Waals surface area contributed by atoms with Crippen LogP contribution in [0.5, 0.6) is 0 Å². The van der Waals surface area contributed by atoms with Gasteiger partial charge in [-0.05, 0) is 45.2 Å². The molecule has 0 heterocycles. The van der Waals surface area contributed by atoms with Crippen LogP contribution in [0.4, 0.5) is 0 Å². The van der Waals surface area contributed by atoms with Crippen LogP contribution >= 0.6 is 0 Å². The quantitative estimate of drug-likeness (QED) is 0.518. The van der Waals surface area contributed by atoms with Crippen LogP contribution in [0.15, 0.2) is 0 Å². The second-order valence-corrected chi connectivity index (χ2v) is 5.76. The van der Waals surface area contributed by atoms with Crippen molar-refractivity contribution < 1.29 is 5.11 Å². The summed E-state index contributed by atoms with van der Waals surface area (Å²) in [6, 6.07) is 0. The number of unbranched alkanes of at least 4 members (excludes halogenated alkanes) is 1. The van der Waals surface area contributed by atoms with Crippen molar-refractivity contribution in [1.29, 1.82) is 0 Å². The number of rotatable bonds is 8. The SMILES string of the molecule is CCCN(CCCCO)C1(CN)CCCCCC1. The van der Waals surface area contributed by atoms with Crippen LogP contribution in [0.25, 0.3) is 0 Å². The van der Waals surface area contributed by atoms with Gasteiger partial charge < -0.3 is 10.8 Å². The standard InChI is InChI=1S/C15H32N2O/c1-2-11-17(12-7-8-13-18)15(14-16)9-5-3-4-6-10-15/h18H,2-14,16H2,1H3. The Morgan fingerprint density at radius 1 is 1.06 bits per heavy atom. The van der Waals surface area contributed by atoms with Gasteiger partial charge >= 0.3 is 0 Å². The average Bonchev–Trinajstić information content (AvgIpc) is 2.64. The zero-order chi connectivity index (χ0) is 13.3. The average molecular weight is 256 g/mol. The molecule has 3 nitrogen and oxygen atoms in total. The van der Waals surface area contributed by atoms with Crippen molar-refractivity contribution in [2.24, 2.45) is 5.73 Å². The second-order valence-electron chi connectivity index (χ2n) is 5.76. The molecule has 0 unspecified atom stereocenters. The fourth-order valence-electron chi connectivity index (χ4n) is 3.31. The van der Waals surface area contributed by atoms with Gasteiger partial charge in [-0.25, -0.2) is 0 Å². The van der Waals surface area contributed by atoms with Gasteiger partial charge in [-0.15, -0.1) is 0 Å². The molecule has 3 heteroatoms. The summed E-state index contributed by atoms with van der Waals surface area (Å²) in [4.78, 5) is 2.63. The Labute approximate surface area is 113 Å². The maximum Gasteiger partial charge on any atom is 0.0431 e. The zero-order valence-corrected chi connectivity index (χ0v) is 12.2. The topological polar surface area (TPSA) is 49.5 Å². The molecule has 0 bridgehead atoms. The van der Waals surface area contributed by atoms with Gasteiger partial charge in [-0.1, -0.05) is 32.6 Å². The highest BCUT2D eigenvalue weighted by molar-refractivity contribution is 4.93. The second kappa shape index (κ2) is 8.89. The summed E-state index contributed by atoms with van der Waals surface area (Å²) < 4.78 is 0. The van der Waals surface area contributed by atoms with E-state index in [0.717, 1.165) is 32.5 Å². The van der Waals surface area contributed by atoms with E-state index in [4.69, 9.17) is 10.8 Å². The van der Waals surface area contributed by atoms with Gasteiger partial charge in [0.25, 0.3) is 0 Å². The lowest BCUT2D eigenvalue weighted by Gasteiger charge is -2.43. The third-order valence-corrected chi connectivity index (χ3v) is 4.41. The van der Waals surface area contributed by atoms with Crippen LogP contribution in [0.3, 0.4) is 0 Å². The lowest BCUT2D eigenvalue weighted by atomic mass is 9.87. The first kappa shape index (κ1) is 15.9. The van der Waals surface area contributed by atoms with Gasteiger partial charge in [0.05, 0.1) is 0 Å². The molecular formula is C15H32N2O. The molecule has 108 valence electrons. The van der Waals surface area contributed by atoms with E-state index >= 15 is 0 Å². The molecule has 0 atom stereocenters. The molecule has 18 heavy (non-hydrogen) atoms.